The Kier molecular flexibility index (Phi) is 5.01. The molecule has 1 unspecified atom stereocenters. The van der Waals surface area contributed by atoms with E-state index in [0.29, 0.717) is 22.8 Å². The minimum absolute atomic E-state index is 0.0174. The van der Waals surface area contributed by atoms with Crippen LogP contribution in [0.1, 0.15) is 39.4 Å². The van der Waals surface area contributed by atoms with Crippen molar-refractivity contribution in [2.45, 2.75) is 19.3 Å². The molecule has 0 saturated heterocycles. The van der Waals surface area contributed by atoms with Gasteiger partial charge in [0.05, 0.1) is 17.2 Å². The zero-order valence-electron chi connectivity index (χ0n) is 17.6. The average molecular weight is 416 g/mol. The Morgan fingerprint density at radius 1 is 1.00 bits per heavy atom. The van der Waals surface area contributed by atoms with E-state index in [4.69, 9.17) is 9.72 Å². The molecule has 0 bridgehead atoms. The summed E-state index contributed by atoms with van der Waals surface area (Å²) in [5.74, 6) is 0.453. The number of carbonyl (C=O) groups excluding carboxylic acids is 1. The monoisotopic (exact) mass is 416 g/mol. The number of pyridine rings is 1. The normalized spacial score (nSPS) is 15.1. The molecule has 0 N–H and O–H groups in total. The first-order valence-electron chi connectivity index (χ1n) is 10.5. The number of rotatable bonds is 4. The van der Waals surface area contributed by atoms with Crippen LogP contribution in [0.3, 0.4) is 0 Å². The summed E-state index contributed by atoms with van der Waals surface area (Å²) in [6, 6.07) is 29.1. The van der Waals surface area contributed by atoms with Crippen LogP contribution in [0.2, 0.25) is 0 Å². The standard InChI is InChI=1S/C28H20N2O2/c1-18-11-13-19(14-12-18)26(31)16-22-23-15-21-9-5-6-10-25(21)30-28(23)32-27(24(22)17-29)20-7-3-2-4-8-20/h2-15,22H,16H2,1H3. The van der Waals surface area contributed by atoms with E-state index in [2.05, 4.69) is 6.07 Å². The molecule has 0 radical (unpaired) electrons. The van der Waals surface area contributed by atoms with Gasteiger partial charge < -0.3 is 4.74 Å². The third kappa shape index (κ3) is 3.55. The number of para-hydroxylation sites is 1. The van der Waals surface area contributed by atoms with Crippen molar-refractivity contribution in [2.75, 3.05) is 0 Å². The fourth-order valence-electron chi connectivity index (χ4n) is 4.10. The predicted octanol–water partition coefficient (Wildman–Crippen LogP) is 6.23. The number of fused-ring (bicyclic) bond motifs is 2. The van der Waals surface area contributed by atoms with Crippen molar-refractivity contribution in [3.63, 3.8) is 0 Å². The van der Waals surface area contributed by atoms with Gasteiger partial charge in [-0.2, -0.15) is 5.26 Å². The van der Waals surface area contributed by atoms with E-state index in [1.807, 2.05) is 91.9 Å². The zero-order valence-corrected chi connectivity index (χ0v) is 17.6. The fourth-order valence-corrected chi connectivity index (χ4v) is 4.10. The number of allylic oxidation sites excluding steroid dienone is 1. The topological polar surface area (TPSA) is 63.0 Å². The molecule has 0 spiro atoms. The van der Waals surface area contributed by atoms with Gasteiger partial charge in [0, 0.05) is 34.4 Å². The molecular weight excluding hydrogens is 396 g/mol. The Morgan fingerprint density at radius 3 is 2.47 bits per heavy atom. The lowest BCUT2D eigenvalue weighted by Crippen LogP contribution is -2.18. The van der Waals surface area contributed by atoms with Gasteiger partial charge >= 0.3 is 0 Å². The van der Waals surface area contributed by atoms with Gasteiger partial charge in [-0.3, -0.25) is 4.79 Å². The van der Waals surface area contributed by atoms with Gasteiger partial charge in [-0.25, -0.2) is 4.98 Å². The van der Waals surface area contributed by atoms with Gasteiger partial charge in [0.25, 0.3) is 0 Å². The van der Waals surface area contributed by atoms with E-state index in [1.165, 1.54) is 0 Å². The molecule has 0 fully saturated rings. The SMILES string of the molecule is Cc1ccc(C(=O)CC2C(C#N)=C(c3ccccc3)Oc3nc4ccccc4cc32)cc1. The lowest BCUT2D eigenvalue weighted by Gasteiger charge is -2.27. The molecular formula is C28H20N2O2. The van der Waals surface area contributed by atoms with Crippen LogP contribution >= 0.6 is 0 Å². The van der Waals surface area contributed by atoms with Gasteiger partial charge in [0.15, 0.2) is 11.5 Å². The van der Waals surface area contributed by atoms with Gasteiger partial charge in [0.1, 0.15) is 0 Å². The molecule has 5 rings (SSSR count). The summed E-state index contributed by atoms with van der Waals surface area (Å²) in [5.41, 5.74) is 4.54. The van der Waals surface area contributed by atoms with E-state index < -0.39 is 5.92 Å². The number of hydrogen-bond acceptors (Lipinski definition) is 4. The Bertz CT molecular complexity index is 1400. The molecule has 4 aromatic rings. The number of benzene rings is 3. The van der Waals surface area contributed by atoms with Crippen molar-refractivity contribution >= 4 is 22.4 Å². The highest BCUT2D eigenvalue weighted by Crippen LogP contribution is 2.44. The molecule has 1 aliphatic heterocycles. The number of nitriles is 1. The molecule has 4 nitrogen and oxygen atoms in total. The van der Waals surface area contributed by atoms with Crippen LogP contribution in [0.25, 0.3) is 16.7 Å². The summed E-state index contributed by atoms with van der Waals surface area (Å²) < 4.78 is 6.20. The zero-order chi connectivity index (χ0) is 22.1. The summed E-state index contributed by atoms with van der Waals surface area (Å²) >= 11 is 0. The highest BCUT2D eigenvalue weighted by atomic mass is 16.5. The first-order chi connectivity index (χ1) is 15.6. The highest BCUT2D eigenvalue weighted by molar-refractivity contribution is 5.97. The Balaban J connectivity index is 1.66. The number of aromatic nitrogens is 1. The first kappa shape index (κ1) is 19.7. The molecule has 1 aromatic heterocycles. The molecule has 0 saturated carbocycles. The first-order valence-corrected chi connectivity index (χ1v) is 10.5. The van der Waals surface area contributed by atoms with Crippen molar-refractivity contribution < 1.29 is 9.53 Å². The molecule has 1 aliphatic rings. The molecule has 0 aliphatic carbocycles. The minimum Gasteiger partial charge on any atom is -0.437 e. The van der Waals surface area contributed by atoms with E-state index >= 15 is 0 Å². The number of aryl methyl sites for hydroxylation is 1. The summed E-state index contributed by atoms with van der Waals surface area (Å²) in [6.45, 7) is 1.99. The molecule has 4 heteroatoms. The largest absolute Gasteiger partial charge is 0.437 e. The third-order valence-corrected chi connectivity index (χ3v) is 5.80. The molecule has 1 atom stereocenters. The smallest absolute Gasteiger partial charge is 0.223 e. The lowest BCUT2D eigenvalue weighted by atomic mass is 9.83. The second-order valence-electron chi connectivity index (χ2n) is 7.94. The fraction of sp³-hybridized carbons (Fsp3) is 0.107. The highest BCUT2D eigenvalue weighted by Gasteiger charge is 2.33. The average Bonchev–Trinajstić information content (AvgIpc) is 2.83. The van der Waals surface area contributed by atoms with Crippen LogP contribution in [0, 0.1) is 18.3 Å². The van der Waals surface area contributed by atoms with Crippen LogP contribution in [0.15, 0.2) is 90.5 Å². The van der Waals surface area contributed by atoms with Crippen molar-refractivity contribution in [1.82, 2.24) is 4.98 Å². The predicted molar refractivity (Wildman–Crippen MR) is 124 cm³/mol. The summed E-state index contributed by atoms with van der Waals surface area (Å²) in [4.78, 5) is 17.9. The second kappa shape index (κ2) is 8.13. The molecule has 3 aromatic carbocycles. The maximum Gasteiger partial charge on any atom is 0.223 e. The third-order valence-electron chi connectivity index (χ3n) is 5.80. The minimum atomic E-state index is -0.440. The van der Waals surface area contributed by atoms with Gasteiger partial charge in [-0.05, 0) is 19.1 Å². The van der Waals surface area contributed by atoms with Crippen LogP contribution in [0.4, 0.5) is 0 Å². The number of ketones is 1. The van der Waals surface area contributed by atoms with E-state index in [0.717, 1.165) is 27.6 Å². The summed E-state index contributed by atoms with van der Waals surface area (Å²) in [6.07, 6.45) is 0.165. The van der Waals surface area contributed by atoms with Crippen molar-refractivity contribution in [3.05, 3.63) is 113 Å². The molecule has 2 heterocycles. The molecule has 154 valence electrons. The van der Waals surface area contributed by atoms with Crippen LogP contribution in [-0.4, -0.2) is 10.8 Å². The van der Waals surface area contributed by atoms with Crippen LogP contribution in [-0.2, 0) is 0 Å². The summed E-state index contributed by atoms with van der Waals surface area (Å²) in [7, 11) is 0. The number of hydrogen-bond donors (Lipinski definition) is 0. The summed E-state index contributed by atoms with van der Waals surface area (Å²) in [5, 5.41) is 11.1. The number of Topliss-reactive ketones (excluding diaryl/α,β-unsaturated/α-hetero) is 1. The van der Waals surface area contributed by atoms with Crippen LogP contribution < -0.4 is 4.74 Å². The van der Waals surface area contributed by atoms with E-state index in [-0.39, 0.29) is 12.2 Å². The lowest BCUT2D eigenvalue weighted by molar-refractivity contribution is 0.0977. The van der Waals surface area contributed by atoms with Gasteiger partial charge in [-0.1, -0.05) is 78.4 Å². The van der Waals surface area contributed by atoms with Crippen molar-refractivity contribution in [2.24, 2.45) is 0 Å². The number of ether oxygens (including phenoxy) is 1. The molecule has 0 amide bonds. The quantitative estimate of drug-likeness (QED) is 0.370. The Hall–Kier alpha value is -4.23. The van der Waals surface area contributed by atoms with Crippen molar-refractivity contribution in [1.29, 1.82) is 5.26 Å². The van der Waals surface area contributed by atoms with Gasteiger partial charge in [-0.15, -0.1) is 0 Å². The Labute approximate surface area is 186 Å². The van der Waals surface area contributed by atoms with Crippen LogP contribution in [0.5, 0.6) is 5.88 Å². The van der Waals surface area contributed by atoms with Crippen molar-refractivity contribution in [3.8, 4) is 11.9 Å². The van der Waals surface area contributed by atoms with E-state index in [9.17, 15) is 10.1 Å². The molecule has 32 heavy (non-hydrogen) atoms. The second-order valence-corrected chi connectivity index (χ2v) is 7.94. The maximum atomic E-state index is 13.2. The van der Waals surface area contributed by atoms with Gasteiger partial charge in [0.2, 0.25) is 5.88 Å². The Morgan fingerprint density at radius 2 is 1.72 bits per heavy atom. The van der Waals surface area contributed by atoms with E-state index in [1.54, 1.807) is 0 Å². The number of carbonyl (C=O) groups is 1. The number of nitrogens with zero attached hydrogens (tertiary/aromatic N) is 2. The maximum absolute atomic E-state index is 13.2.